The second-order valence-corrected chi connectivity index (χ2v) is 6.62. The highest BCUT2D eigenvalue weighted by molar-refractivity contribution is 6.30. The van der Waals surface area contributed by atoms with Gasteiger partial charge in [-0.1, -0.05) is 29.8 Å². The molecule has 0 bridgehead atoms. The van der Waals surface area contributed by atoms with E-state index in [1.165, 1.54) is 11.9 Å². The molecule has 0 N–H and O–H groups in total. The molecule has 0 radical (unpaired) electrons. The minimum Gasteiger partial charge on any atom is -0.329 e. The highest BCUT2D eigenvalue weighted by Crippen LogP contribution is 2.29. The van der Waals surface area contributed by atoms with E-state index in [0.29, 0.717) is 5.02 Å². The molecule has 2 heterocycles. The smallest absolute Gasteiger partial charge is 0.329 e. The van der Waals surface area contributed by atoms with E-state index in [2.05, 4.69) is 10.1 Å². The topological polar surface area (TPSA) is 51.0 Å². The molecule has 2 aromatic heterocycles. The van der Waals surface area contributed by atoms with Gasteiger partial charge < -0.3 is 4.90 Å². The number of aromatic nitrogens is 3. The summed E-state index contributed by atoms with van der Waals surface area (Å²) in [5.74, 6) is -0.565. The molecular formula is C19H16ClF3N4O. The van der Waals surface area contributed by atoms with E-state index >= 15 is 0 Å². The first-order valence-electron chi connectivity index (χ1n) is 8.28. The molecule has 9 heteroatoms. The Morgan fingerprint density at radius 1 is 1.14 bits per heavy atom. The lowest BCUT2D eigenvalue weighted by Gasteiger charge is -2.23. The minimum atomic E-state index is -4.62. The van der Waals surface area contributed by atoms with Crippen molar-refractivity contribution in [2.45, 2.75) is 19.3 Å². The standard InChI is InChI=1S/C19H16ClF3N4O/c1-26-16(9-17(25-26)19(21,22)23)18(28)27(12-14-3-2-8-24-10-14)11-13-4-6-15(20)7-5-13/h2-10H,11-12H2,1H3. The van der Waals surface area contributed by atoms with Crippen LogP contribution in [-0.4, -0.2) is 25.6 Å². The van der Waals surface area contributed by atoms with Crippen LogP contribution in [0.25, 0.3) is 0 Å². The van der Waals surface area contributed by atoms with Crippen molar-refractivity contribution < 1.29 is 18.0 Å². The van der Waals surface area contributed by atoms with Gasteiger partial charge >= 0.3 is 6.18 Å². The summed E-state index contributed by atoms with van der Waals surface area (Å²) in [6.07, 6.45) is -1.42. The lowest BCUT2D eigenvalue weighted by atomic mass is 10.1. The van der Waals surface area contributed by atoms with E-state index < -0.39 is 17.8 Å². The average molecular weight is 409 g/mol. The third-order valence-corrected chi connectivity index (χ3v) is 4.31. The van der Waals surface area contributed by atoms with Crippen LogP contribution in [0.4, 0.5) is 13.2 Å². The van der Waals surface area contributed by atoms with Gasteiger partial charge in [0.05, 0.1) is 0 Å². The number of carbonyl (C=O) groups excluding carboxylic acids is 1. The Kier molecular flexibility index (Phi) is 5.69. The summed E-state index contributed by atoms with van der Waals surface area (Å²) in [5, 5.41) is 3.98. The Morgan fingerprint density at radius 2 is 1.82 bits per heavy atom. The third kappa shape index (κ3) is 4.69. The Bertz CT molecular complexity index is 956. The van der Waals surface area contributed by atoms with Crippen LogP contribution >= 0.6 is 11.6 Å². The maximum atomic E-state index is 13.0. The molecule has 0 atom stereocenters. The molecule has 0 aliphatic heterocycles. The number of alkyl halides is 3. The fraction of sp³-hybridized carbons (Fsp3) is 0.211. The van der Waals surface area contributed by atoms with Crippen LogP contribution in [0.2, 0.25) is 5.02 Å². The van der Waals surface area contributed by atoms with Gasteiger partial charge in [0.25, 0.3) is 5.91 Å². The average Bonchev–Trinajstić information content (AvgIpc) is 3.05. The molecular weight excluding hydrogens is 393 g/mol. The van der Waals surface area contributed by atoms with Crippen LogP contribution in [0.1, 0.15) is 27.3 Å². The number of hydrogen-bond acceptors (Lipinski definition) is 3. The monoisotopic (exact) mass is 408 g/mol. The zero-order valence-corrected chi connectivity index (χ0v) is 15.6. The molecule has 146 valence electrons. The first-order chi connectivity index (χ1) is 13.2. The summed E-state index contributed by atoms with van der Waals surface area (Å²) in [6.45, 7) is 0.374. The summed E-state index contributed by atoms with van der Waals surface area (Å²) in [4.78, 5) is 18.5. The van der Waals surface area contributed by atoms with Gasteiger partial charge in [-0.15, -0.1) is 0 Å². The predicted molar refractivity (Wildman–Crippen MR) is 97.5 cm³/mol. The quantitative estimate of drug-likeness (QED) is 0.631. The highest BCUT2D eigenvalue weighted by atomic mass is 35.5. The number of rotatable bonds is 5. The van der Waals surface area contributed by atoms with Gasteiger partial charge in [0, 0.05) is 43.6 Å². The van der Waals surface area contributed by atoms with Crippen molar-refractivity contribution in [3.8, 4) is 0 Å². The molecule has 0 aliphatic carbocycles. The number of halogens is 4. The number of nitrogens with zero attached hydrogens (tertiary/aromatic N) is 4. The normalized spacial score (nSPS) is 11.5. The van der Waals surface area contributed by atoms with Crippen LogP contribution in [-0.2, 0) is 26.3 Å². The van der Waals surface area contributed by atoms with Gasteiger partial charge in [0.15, 0.2) is 5.69 Å². The first kappa shape index (κ1) is 19.9. The van der Waals surface area contributed by atoms with E-state index in [9.17, 15) is 18.0 Å². The maximum Gasteiger partial charge on any atom is 0.435 e. The molecule has 1 amide bonds. The molecule has 3 rings (SSSR count). The summed E-state index contributed by atoms with van der Waals surface area (Å²) < 4.78 is 39.8. The fourth-order valence-corrected chi connectivity index (χ4v) is 2.82. The van der Waals surface area contributed by atoms with E-state index in [0.717, 1.165) is 21.9 Å². The third-order valence-electron chi connectivity index (χ3n) is 4.06. The zero-order chi connectivity index (χ0) is 20.3. The summed E-state index contributed by atoms with van der Waals surface area (Å²) in [7, 11) is 1.31. The molecule has 0 fully saturated rings. The molecule has 5 nitrogen and oxygen atoms in total. The van der Waals surface area contributed by atoms with Crippen LogP contribution < -0.4 is 0 Å². The SMILES string of the molecule is Cn1nc(C(F)(F)F)cc1C(=O)N(Cc1ccc(Cl)cc1)Cc1cccnc1. The number of pyridine rings is 1. The number of carbonyl (C=O) groups is 1. The van der Waals surface area contributed by atoms with Crippen molar-refractivity contribution >= 4 is 17.5 Å². The lowest BCUT2D eigenvalue weighted by molar-refractivity contribution is -0.141. The second-order valence-electron chi connectivity index (χ2n) is 6.19. The predicted octanol–water partition coefficient (Wildman–Crippen LogP) is 4.33. The molecule has 28 heavy (non-hydrogen) atoms. The summed E-state index contributed by atoms with van der Waals surface area (Å²) in [5.41, 5.74) is 0.291. The number of hydrogen-bond donors (Lipinski definition) is 0. The van der Waals surface area contributed by atoms with Crippen molar-refractivity contribution in [2.75, 3.05) is 0 Å². The van der Waals surface area contributed by atoms with Gasteiger partial charge in [-0.05, 0) is 29.3 Å². The first-order valence-corrected chi connectivity index (χ1v) is 8.65. The molecule has 0 spiro atoms. The molecule has 1 aromatic carbocycles. The van der Waals surface area contributed by atoms with Gasteiger partial charge in [-0.3, -0.25) is 14.5 Å². The number of amides is 1. The van der Waals surface area contributed by atoms with Crippen LogP contribution in [0.3, 0.4) is 0 Å². The van der Waals surface area contributed by atoms with Crippen molar-refractivity contribution in [2.24, 2.45) is 7.05 Å². The summed E-state index contributed by atoms with van der Waals surface area (Å²) >= 11 is 5.90. The van der Waals surface area contributed by atoms with E-state index in [4.69, 9.17) is 11.6 Å². The maximum absolute atomic E-state index is 13.0. The van der Waals surface area contributed by atoms with E-state index in [1.54, 1.807) is 48.8 Å². The van der Waals surface area contributed by atoms with Crippen LogP contribution in [0.15, 0.2) is 54.9 Å². The Balaban J connectivity index is 1.92. The van der Waals surface area contributed by atoms with Gasteiger partial charge in [0.2, 0.25) is 0 Å². The zero-order valence-electron chi connectivity index (χ0n) is 14.8. The second kappa shape index (κ2) is 8.02. The molecule has 3 aromatic rings. The lowest BCUT2D eigenvalue weighted by Crippen LogP contribution is -2.31. The molecule has 0 unspecified atom stereocenters. The van der Waals surface area contributed by atoms with Crippen LogP contribution in [0, 0.1) is 0 Å². The van der Waals surface area contributed by atoms with Crippen molar-refractivity contribution in [1.29, 1.82) is 0 Å². The Hall–Kier alpha value is -2.87. The van der Waals surface area contributed by atoms with Crippen molar-refractivity contribution in [3.05, 3.63) is 82.4 Å². The molecule has 0 saturated carbocycles. The fourth-order valence-electron chi connectivity index (χ4n) is 2.69. The number of aryl methyl sites for hydroxylation is 1. The van der Waals surface area contributed by atoms with Crippen molar-refractivity contribution in [3.63, 3.8) is 0 Å². The van der Waals surface area contributed by atoms with E-state index in [-0.39, 0.29) is 18.8 Å². The van der Waals surface area contributed by atoms with Gasteiger partial charge in [-0.25, -0.2) is 0 Å². The Labute approximate surface area is 164 Å². The van der Waals surface area contributed by atoms with Gasteiger partial charge in [-0.2, -0.15) is 18.3 Å². The summed E-state index contributed by atoms with van der Waals surface area (Å²) in [6, 6.07) is 11.2. The largest absolute Gasteiger partial charge is 0.435 e. The van der Waals surface area contributed by atoms with Crippen molar-refractivity contribution in [1.82, 2.24) is 19.7 Å². The van der Waals surface area contributed by atoms with Gasteiger partial charge in [0.1, 0.15) is 5.69 Å². The minimum absolute atomic E-state index is 0.148. The Morgan fingerprint density at radius 3 is 2.39 bits per heavy atom. The molecule has 0 aliphatic rings. The molecule has 0 saturated heterocycles. The van der Waals surface area contributed by atoms with E-state index in [1.807, 2.05) is 0 Å². The van der Waals surface area contributed by atoms with Crippen LogP contribution in [0.5, 0.6) is 0 Å². The number of benzene rings is 1. The highest BCUT2D eigenvalue weighted by Gasteiger charge is 2.36.